The van der Waals surface area contributed by atoms with Crippen LogP contribution in [0.5, 0.6) is 11.5 Å². The highest BCUT2D eigenvalue weighted by Crippen LogP contribution is 2.52. The highest BCUT2D eigenvalue weighted by molar-refractivity contribution is 5.78. The van der Waals surface area contributed by atoms with Crippen LogP contribution in [0.2, 0.25) is 0 Å². The predicted molar refractivity (Wildman–Crippen MR) is 125 cm³/mol. The van der Waals surface area contributed by atoms with E-state index >= 15 is 0 Å². The highest BCUT2D eigenvalue weighted by Gasteiger charge is 2.47. The van der Waals surface area contributed by atoms with Crippen LogP contribution in [0, 0.1) is 5.95 Å². The van der Waals surface area contributed by atoms with Gasteiger partial charge in [0, 0.05) is 22.9 Å². The first kappa shape index (κ1) is 20.8. The zero-order valence-corrected chi connectivity index (χ0v) is 18.8. The van der Waals surface area contributed by atoms with Crippen molar-refractivity contribution < 1.29 is 18.6 Å². The zero-order chi connectivity index (χ0) is 23.5. The van der Waals surface area contributed by atoms with Crippen molar-refractivity contribution in [2.45, 2.75) is 31.4 Å². The summed E-state index contributed by atoms with van der Waals surface area (Å²) in [6.07, 6.45) is 6.12. The summed E-state index contributed by atoms with van der Waals surface area (Å²) in [6.45, 7) is 4.94. The summed E-state index contributed by atoms with van der Waals surface area (Å²) in [5.41, 5.74) is 10.1. The second kappa shape index (κ2) is 7.36. The SMILES string of the molecule is CC1(C)C=C(c2cc3c(cn2)Oc2ccc(-c4ccc(F)nc4)cc2C32COC(N)=N2)CCO1. The Morgan fingerprint density at radius 1 is 0.971 bits per heavy atom. The van der Waals surface area contributed by atoms with Crippen molar-refractivity contribution in [2.75, 3.05) is 13.2 Å². The Morgan fingerprint density at radius 3 is 2.53 bits per heavy atom. The number of aliphatic imine (C=N–C) groups is 1. The number of nitrogens with zero attached hydrogens (tertiary/aromatic N) is 3. The van der Waals surface area contributed by atoms with Gasteiger partial charge in [0.25, 0.3) is 6.02 Å². The summed E-state index contributed by atoms with van der Waals surface area (Å²) < 4.78 is 31.1. The number of benzene rings is 1. The number of halogens is 1. The van der Waals surface area contributed by atoms with Gasteiger partial charge in [-0.25, -0.2) is 9.98 Å². The summed E-state index contributed by atoms with van der Waals surface area (Å²) >= 11 is 0. The van der Waals surface area contributed by atoms with E-state index in [9.17, 15) is 4.39 Å². The molecule has 7 nitrogen and oxygen atoms in total. The van der Waals surface area contributed by atoms with E-state index in [0.29, 0.717) is 18.1 Å². The zero-order valence-electron chi connectivity index (χ0n) is 18.8. The third kappa shape index (κ3) is 3.33. The monoisotopic (exact) mass is 458 g/mol. The third-order valence-corrected chi connectivity index (χ3v) is 6.45. The molecule has 172 valence electrons. The van der Waals surface area contributed by atoms with Gasteiger partial charge in [0.2, 0.25) is 5.95 Å². The van der Waals surface area contributed by atoms with E-state index in [4.69, 9.17) is 24.9 Å². The highest BCUT2D eigenvalue weighted by atomic mass is 19.1. The Labute approximate surface area is 196 Å². The molecule has 3 aliphatic rings. The van der Waals surface area contributed by atoms with Crippen LogP contribution in [-0.2, 0) is 15.0 Å². The Kier molecular flexibility index (Phi) is 4.50. The fraction of sp³-hybridized carbons (Fsp3) is 0.269. The summed E-state index contributed by atoms with van der Waals surface area (Å²) in [7, 11) is 0. The van der Waals surface area contributed by atoms with Crippen molar-refractivity contribution in [3.63, 3.8) is 0 Å². The van der Waals surface area contributed by atoms with Crippen molar-refractivity contribution in [1.29, 1.82) is 0 Å². The molecule has 1 atom stereocenters. The summed E-state index contributed by atoms with van der Waals surface area (Å²) in [5.74, 6) is 0.735. The third-order valence-electron chi connectivity index (χ3n) is 6.45. The number of fused-ring (bicyclic) bond motifs is 4. The molecule has 0 amide bonds. The lowest BCUT2D eigenvalue weighted by Crippen LogP contribution is -2.31. The lowest BCUT2D eigenvalue weighted by atomic mass is 9.80. The number of amidine groups is 1. The van der Waals surface area contributed by atoms with Crippen LogP contribution in [0.3, 0.4) is 0 Å². The van der Waals surface area contributed by atoms with E-state index in [-0.39, 0.29) is 18.2 Å². The number of nitrogens with two attached hydrogens (primary N) is 1. The normalized spacial score (nSPS) is 22.2. The lowest BCUT2D eigenvalue weighted by molar-refractivity contribution is 0.0164. The summed E-state index contributed by atoms with van der Waals surface area (Å²) in [5, 5.41) is 0. The fourth-order valence-corrected chi connectivity index (χ4v) is 4.82. The first-order chi connectivity index (χ1) is 16.3. The standard InChI is InChI=1S/C26H23FN4O3/c1-25(2)11-16(7-8-33-25)20-10-19-22(13-29-20)34-21-5-3-15(17-4-6-23(27)30-12-17)9-18(21)26(19)14-32-24(28)31-26/h3-6,9-13H,7-8,14H2,1-2H3,(H2,28,31). The first-order valence-corrected chi connectivity index (χ1v) is 11.1. The molecule has 0 radical (unpaired) electrons. The summed E-state index contributed by atoms with van der Waals surface area (Å²) in [6, 6.07) is 10.9. The van der Waals surface area contributed by atoms with Crippen LogP contribution in [-0.4, -0.2) is 34.8 Å². The Bertz CT molecular complexity index is 1370. The minimum Gasteiger partial charge on any atom is -0.462 e. The smallest absolute Gasteiger partial charge is 0.283 e. The molecule has 0 fully saturated rings. The second-order valence-corrected chi connectivity index (χ2v) is 9.22. The van der Waals surface area contributed by atoms with Crippen LogP contribution < -0.4 is 10.5 Å². The van der Waals surface area contributed by atoms with Crippen molar-refractivity contribution in [3.05, 3.63) is 77.6 Å². The van der Waals surface area contributed by atoms with Crippen LogP contribution in [0.1, 0.15) is 37.1 Å². The molecule has 3 aromatic rings. The Balaban J connectivity index is 1.51. The number of hydrogen-bond acceptors (Lipinski definition) is 7. The van der Waals surface area contributed by atoms with Gasteiger partial charge in [-0.3, -0.25) is 4.98 Å². The van der Waals surface area contributed by atoms with Gasteiger partial charge < -0.3 is 19.9 Å². The van der Waals surface area contributed by atoms with E-state index in [2.05, 4.69) is 16.0 Å². The Morgan fingerprint density at radius 2 is 1.79 bits per heavy atom. The topological polar surface area (TPSA) is 91.9 Å². The molecule has 0 saturated heterocycles. The molecule has 8 heteroatoms. The minimum absolute atomic E-state index is 0.123. The molecule has 1 aromatic carbocycles. The molecule has 0 aliphatic carbocycles. The molecule has 5 heterocycles. The van der Waals surface area contributed by atoms with Gasteiger partial charge in [-0.05, 0) is 67.8 Å². The number of rotatable bonds is 2. The maximum Gasteiger partial charge on any atom is 0.283 e. The number of pyridine rings is 2. The van der Waals surface area contributed by atoms with Crippen LogP contribution in [0.15, 0.2) is 59.9 Å². The average molecular weight is 458 g/mol. The van der Waals surface area contributed by atoms with E-state index < -0.39 is 11.5 Å². The van der Waals surface area contributed by atoms with Gasteiger partial charge in [-0.15, -0.1) is 0 Å². The second-order valence-electron chi connectivity index (χ2n) is 9.22. The average Bonchev–Trinajstić information content (AvgIpc) is 3.21. The van der Waals surface area contributed by atoms with Crippen molar-refractivity contribution in [1.82, 2.24) is 9.97 Å². The molecule has 3 aliphatic heterocycles. The maximum atomic E-state index is 13.4. The quantitative estimate of drug-likeness (QED) is 0.566. The van der Waals surface area contributed by atoms with Crippen LogP contribution in [0.25, 0.3) is 16.7 Å². The van der Waals surface area contributed by atoms with E-state index in [1.807, 2.05) is 38.1 Å². The minimum atomic E-state index is -0.880. The molecule has 34 heavy (non-hydrogen) atoms. The van der Waals surface area contributed by atoms with Gasteiger partial charge in [0.05, 0.1) is 24.1 Å². The molecule has 2 aromatic heterocycles. The van der Waals surface area contributed by atoms with Gasteiger partial charge in [-0.2, -0.15) is 4.39 Å². The lowest BCUT2D eigenvalue weighted by Gasteiger charge is -2.34. The summed E-state index contributed by atoms with van der Waals surface area (Å²) in [4.78, 5) is 13.2. The first-order valence-electron chi connectivity index (χ1n) is 11.1. The molecule has 6 rings (SSSR count). The van der Waals surface area contributed by atoms with Crippen molar-refractivity contribution in [2.24, 2.45) is 10.7 Å². The van der Waals surface area contributed by atoms with Gasteiger partial charge in [-0.1, -0.05) is 6.07 Å². The number of hydrogen-bond donors (Lipinski definition) is 1. The van der Waals surface area contributed by atoms with Gasteiger partial charge in [0.1, 0.15) is 12.4 Å². The molecular weight excluding hydrogens is 435 g/mol. The largest absolute Gasteiger partial charge is 0.462 e. The van der Waals surface area contributed by atoms with E-state index in [0.717, 1.165) is 39.9 Å². The van der Waals surface area contributed by atoms with E-state index in [1.165, 1.54) is 12.3 Å². The van der Waals surface area contributed by atoms with Crippen molar-refractivity contribution in [3.8, 4) is 22.6 Å². The molecule has 1 unspecified atom stereocenters. The number of aromatic nitrogens is 2. The number of ether oxygens (including phenoxy) is 3. The van der Waals surface area contributed by atoms with Gasteiger partial charge in [0.15, 0.2) is 11.3 Å². The Hall–Kier alpha value is -3.78. The van der Waals surface area contributed by atoms with Crippen LogP contribution >= 0.6 is 0 Å². The van der Waals surface area contributed by atoms with Crippen molar-refractivity contribution >= 4 is 11.6 Å². The molecule has 2 N–H and O–H groups in total. The molecular formula is C26H23FN4O3. The fourth-order valence-electron chi connectivity index (χ4n) is 4.82. The predicted octanol–water partition coefficient (Wildman–Crippen LogP) is 4.56. The van der Waals surface area contributed by atoms with Crippen LogP contribution in [0.4, 0.5) is 4.39 Å². The maximum absolute atomic E-state index is 13.4. The van der Waals surface area contributed by atoms with Gasteiger partial charge >= 0.3 is 0 Å². The van der Waals surface area contributed by atoms with E-state index in [1.54, 1.807) is 12.3 Å². The molecule has 0 saturated carbocycles. The molecule has 1 spiro atoms. The molecule has 0 bridgehead atoms.